The van der Waals surface area contributed by atoms with E-state index in [4.69, 9.17) is 4.74 Å². The van der Waals surface area contributed by atoms with Gasteiger partial charge in [0.25, 0.3) is 0 Å². The Morgan fingerprint density at radius 2 is 2.25 bits per heavy atom. The SMILES string of the molecule is CC1(C(=O)COC(=O)c2cccnc2)CC1. The molecule has 1 saturated carbocycles. The molecule has 1 heterocycles. The summed E-state index contributed by atoms with van der Waals surface area (Å²) in [5.74, 6) is -0.490. The van der Waals surface area contributed by atoms with Gasteiger partial charge in [-0.25, -0.2) is 4.79 Å². The standard InChI is InChI=1S/C12H13NO3/c1-12(4-5-12)10(14)8-16-11(15)9-3-2-6-13-7-9/h2-3,6-7H,4-5,8H2,1H3. The molecule has 0 unspecified atom stereocenters. The molecule has 0 radical (unpaired) electrons. The van der Waals surface area contributed by atoms with Gasteiger partial charge in [0, 0.05) is 17.8 Å². The van der Waals surface area contributed by atoms with Gasteiger partial charge in [0.15, 0.2) is 12.4 Å². The number of pyridine rings is 1. The fraction of sp³-hybridized carbons (Fsp3) is 0.417. The summed E-state index contributed by atoms with van der Waals surface area (Å²) in [5.41, 5.74) is 0.131. The molecule has 0 aromatic carbocycles. The van der Waals surface area contributed by atoms with Crippen LogP contribution in [0.15, 0.2) is 24.5 Å². The number of nitrogens with zero attached hydrogens (tertiary/aromatic N) is 1. The van der Waals surface area contributed by atoms with E-state index in [-0.39, 0.29) is 17.8 Å². The molecule has 4 nitrogen and oxygen atoms in total. The molecule has 4 heteroatoms. The maximum atomic E-state index is 11.6. The van der Waals surface area contributed by atoms with Crippen molar-refractivity contribution in [2.45, 2.75) is 19.8 Å². The van der Waals surface area contributed by atoms with E-state index in [0.717, 1.165) is 12.8 Å². The maximum absolute atomic E-state index is 11.6. The smallest absolute Gasteiger partial charge is 0.340 e. The van der Waals surface area contributed by atoms with Crippen molar-refractivity contribution >= 4 is 11.8 Å². The molecule has 84 valence electrons. The molecule has 0 N–H and O–H groups in total. The van der Waals surface area contributed by atoms with Crippen LogP contribution in [0.1, 0.15) is 30.1 Å². The monoisotopic (exact) mass is 219 g/mol. The fourth-order valence-corrected chi connectivity index (χ4v) is 1.34. The van der Waals surface area contributed by atoms with Crippen LogP contribution >= 0.6 is 0 Å². The van der Waals surface area contributed by atoms with Crippen molar-refractivity contribution in [2.24, 2.45) is 5.41 Å². The van der Waals surface area contributed by atoms with Crippen molar-refractivity contribution < 1.29 is 14.3 Å². The summed E-state index contributed by atoms with van der Waals surface area (Å²) < 4.78 is 4.93. The summed E-state index contributed by atoms with van der Waals surface area (Å²) in [6.07, 6.45) is 4.80. The second-order valence-corrected chi connectivity index (χ2v) is 4.30. The quantitative estimate of drug-likeness (QED) is 0.722. The fourth-order valence-electron chi connectivity index (χ4n) is 1.34. The first-order valence-corrected chi connectivity index (χ1v) is 5.22. The highest BCUT2D eigenvalue weighted by Crippen LogP contribution is 2.45. The van der Waals surface area contributed by atoms with E-state index in [0.29, 0.717) is 5.56 Å². The van der Waals surface area contributed by atoms with Gasteiger partial charge in [-0.3, -0.25) is 9.78 Å². The number of rotatable bonds is 4. The number of Topliss-reactive ketones (excluding diaryl/α,β-unsaturated/α-hetero) is 1. The lowest BCUT2D eigenvalue weighted by Crippen LogP contribution is -2.20. The molecule has 1 aromatic rings. The van der Waals surface area contributed by atoms with Gasteiger partial charge >= 0.3 is 5.97 Å². The molecule has 1 aromatic heterocycles. The zero-order valence-electron chi connectivity index (χ0n) is 9.10. The summed E-state index contributed by atoms with van der Waals surface area (Å²) in [5, 5.41) is 0. The molecule has 1 aliphatic carbocycles. The first-order valence-electron chi connectivity index (χ1n) is 5.22. The highest BCUT2D eigenvalue weighted by atomic mass is 16.5. The molecule has 0 atom stereocenters. The number of carbonyl (C=O) groups excluding carboxylic acids is 2. The minimum absolute atomic E-state index is 0.00439. The number of hydrogen-bond acceptors (Lipinski definition) is 4. The second kappa shape index (κ2) is 4.04. The zero-order chi connectivity index (χ0) is 11.6. The van der Waals surface area contributed by atoms with Gasteiger partial charge < -0.3 is 4.74 Å². The number of esters is 1. The molecule has 0 amide bonds. The normalized spacial score (nSPS) is 16.6. The number of hydrogen-bond donors (Lipinski definition) is 0. The van der Waals surface area contributed by atoms with Crippen molar-refractivity contribution in [3.63, 3.8) is 0 Å². The number of ketones is 1. The Morgan fingerprint density at radius 3 is 2.81 bits per heavy atom. The van der Waals surface area contributed by atoms with Crippen LogP contribution in [-0.4, -0.2) is 23.3 Å². The molecular formula is C12H13NO3. The Kier molecular flexibility index (Phi) is 2.73. The summed E-state index contributed by atoms with van der Waals surface area (Å²) in [6, 6.07) is 3.26. The van der Waals surface area contributed by atoms with Crippen molar-refractivity contribution in [1.82, 2.24) is 4.98 Å². The van der Waals surface area contributed by atoms with Crippen molar-refractivity contribution in [1.29, 1.82) is 0 Å². The Bertz CT molecular complexity index is 410. The van der Waals surface area contributed by atoms with Crippen LogP contribution in [0.4, 0.5) is 0 Å². The van der Waals surface area contributed by atoms with Gasteiger partial charge in [-0.15, -0.1) is 0 Å². The first-order chi connectivity index (χ1) is 7.62. The average Bonchev–Trinajstić information content (AvgIpc) is 3.06. The van der Waals surface area contributed by atoms with Crippen LogP contribution in [0.25, 0.3) is 0 Å². The van der Waals surface area contributed by atoms with Crippen LogP contribution in [0, 0.1) is 5.41 Å². The van der Waals surface area contributed by atoms with E-state index in [9.17, 15) is 9.59 Å². The summed E-state index contributed by atoms with van der Waals surface area (Å²) in [6.45, 7) is 1.76. The van der Waals surface area contributed by atoms with Crippen LogP contribution in [0.2, 0.25) is 0 Å². The summed E-state index contributed by atoms with van der Waals surface area (Å²) >= 11 is 0. The van der Waals surface area contributed by atoms with Gasteiger partial charge in [-0.1, -0.05) is 6.92 Å². The second-order valence-electron chi connectivity index (χ2n) is 4.30. The zero-order valence-corrected chi connectivity index (χ0v) is 9.10. The Morgan fingerprint density at radius 1 is 1.50 bits per heavy atom. The molecule has 0 bridgehead atoms. The Balaban J connectivity index is 1.87. The predicted octanol–water partition coefficient (Wildman–Crippen LogP) is 1.61. The molecular weight excluding hydrogens is 206 g/mol. The van der Waals surface area contributed by atoms with Crippen LogP contribution < -0.4 is 0 Å². The van der Waals surface area contributed by atoms with Gasteiger partial charge in [0.2, 0.25) is 0 Å². The van der Waals surface area contributed by atoms with Crippen LogP contribution in [0.3, 0.4) is 0 Å². The van der Waals surface area contributed by atoms with Crippen molar-refractivity contribution in [3.8, 4) is 0 Å². The third kappa shape index (κ3) is 2.27. The maximum Gasteiger partial charge on any atom is 0.340 e. The van der Waals surface area contributed by atoms with E-state index in [2.05, 4.69) is 4.98 Å². The number of ether oxygens (including phenoxy) is 1. The van der Waals surface area contributed by atoms with E-state index < -0.39 is 5.97 Å². The Labute approximate surface area is 93.6 Å². The molecule has 0 aliphatic heterocycles. The van der Waals surface area contributed by atoms with Crippen molar-refractivity contribution in [3.05, 3.63) is 30.1 Å². The van der Waals surface area contributed by atoms with Crippen molar-refractivity contribution in [2.75, 3.05) is 6.61 Å². The summed E-state index contributed by atoms with van der Waals surface area (Å²) in [4.78, 5) is 26.9. The molecule has 1 aliphatic rings. The highest BCUT2D eigenvalue weighted by molar-refractivity contribution is 5.93. The van der Waals surface area contributed by atoms with E-state index in [1.807, 2.05) is 6.92 Å². The lowest BCUT2D eigenvalue weighted by molar-refractivity contribution is -0.126. The Hall–Kier alpha value is -1.71. The first kappa shape index (κ1) is 10.8. The van der Waals surface area contributed by atoms with Gasteiger partial charge in [0.1, 0.15) is 0 Å². The molecule has 16 heavy (non-hydrogen) atoms. The van der Waals surface area contributed by atoms with Gasteiger partial charge in [-0.2, -0.15) is 0 Å². The lowest BCUT2D eigenvalue weighted by Gasteiger charge is -2.07. The van der Waals surface area contributed by atoms with E-state index in [1.165, 1.54) is 6.20 Å². The van der Waals surface area contributed by atoms with Gasteiger partial charge in [0.05, 0.1) is 5.56 Å². The van der Waals surface area contributed by atoms with E-state index in [1.54, 1.807) is 18.3 Å². The largest absolute Gasteiger partial charge is 0.454 e. The minimum atomic E-state index is -0.495. The molecule has 0 spiro atoms. The van der Waals surface area contributed by atoms with Crippen LogP contribution in [0.5, 0.6) is 0 Å². The van der Waals surface area contributed by atoms with Gasteiger partial charge in [-0.05, 0) is 25.0 Å². The predicted molar refractivity (Wildman–Crippen MR) is 56.9 cm³/mol. The summed E-state index contributed by atoms with van der Waals surface area (Å²) in [7, 11) is 0. The lowest BCUT2D eigenvalue weighted by atomic mass is 10.1. The minimum Gasteiger partial charge on any atom is -0.454 e. The molecule has 0 saturated heterocycles. The molecule has 1 fully saturated rings. The van der Waals surface area contributed by atoms with E-state index >= 15 is 0 Å². The third-order valence-electron chi connectivity index (χ3n) is 2.90. The van der Waals surface area contributed by atoms with Crippen LogP contribution in [-0.2, 0) is 9.53 Å². The topological polar surface area (TPSA) is 56.3 Å². The number of carbonyl (C=O) groups is 2. The molecule has 2 rings (SSSR count). The third-order valence-corrected chi connectivity index (χ3v) is 2.90. The highest BCUT2D eigenvalue weighted by Gasteiger charge is 2.44. The number of aromatic nitrogens is 1. The average molecular weight is 219 g/mol.